The lowest BCUT2D eigenvalue weighted by Gasteiger charge is -2.10. The number of hydrogen-bond donors (Lipinski definition) is 0. The van der Waals surface area contributed by atoms with Gasteiger partial charge in [-0.05, 0) is 37.6 Å². The number of carbonyl (C=O) groups is 1. The first-order chi connectivity index (χ1) is 12.5. The molecule has 0 saturated carbocycles. The number of nitrogens with zero attached hydrogens (tertiary/aromatic N) is 2. The molecule has 0 atom stereocenters. The number of aromatic nitrogens is 2. The van der Waals surface area contributed by atoms with E-state index >= 15 is 0 Å². The quantitative estimate of drug-likeness (QED) is 0.452. The van der Waals surface area contributed by atoms with Crippen LogP contribution in [-0.2, 0) is 11.2 Å². The molecule has 4 nitrogen and oxygen atoms in total. The second-order valence-corrected chi connectivity index (χ2v) is 7.08. The van der Waals surface area contributed by atoms with Crippen LogP contribution in [0.25, 0.3) is 16.9 Å². The van der Waals surface area contributed by atoms with E-state index in [-0.39, 0.29) is 0 Å². The van der Waals surface area contributed by atoms with Crippen molar-refractivity contribution in [1.29, 1.82) is 0 Å². The van der Waals surface area contributed by atoms with Crippen LogP contribution in [0.1, 0.15) is 34.1 Å². The minimum atomic E-state index is -0.419. The van der Waals surface area contributed by atoms with Crippen LogP contribution in [0.3, 0.4) is 0 Å². The molecule has 0 aliphatic heterocycles. The molecule has 1 aromatic heterocycles. The fourth-order valence-electron chi connectivity index (χ4n) is 3.38. The Balaban J connectivity index is 1.97. The predicted octanol–water partition coefficient (Wildman–Crippen LogP) is 5.24. The monoisotopic (exact) mass is 386 g/mol. The molecule has 4 rings (SSSR count). The Morgan fingerprint density at radius 2 is 2.04 bits per heavy atom. The van der Waals surface area contributed by atoms with Gasteiger partial charge in [0.25, 0.3) is 0 Å². The van der Waals surface area contributed by atoms with Crippen molar-refractivity contribution in [3.8, 4) is 16.9 Å². The number of aryl methyl sites for hydroxylation is 1. The van der Waals surface area contributed by atoms with Crippen LogP contribution in [0, 0.1) is 6.92 Å². The van der Waals surface area contributed by atoms with Crippen molar-refractivity contribution in [2.45, 2.75) is 20.3 Å². The Labute approximate surface area is 161 Å². The van der Waals surface area contributed by atoms with Gasteiger partial charge in [-0.2, -0.15) is 5.10 Å². The van der Waals surface area contributed by atoms with E-state index in [2.05, 4.69) is 30.2 Å². The van der Waals surface area contributed by atoms with Crippen LogP contribution in [0.5, 0.6) is 0 Å². The van der Waals surface area contributed by atoms with E-state index in [4.69, 9.17) is 27.9 Å². The first kappa shape index (κ1) is 17.1. The van der Waals surface area contributed by atoms with Gasteiger partial charge >= 0.3 is 5.97 Å². The fraction of sp³-hybridized carbons (Fsp3) is 0.200. The Morgan fingerprint density at radius 1 is 1.23 bits per heavy atom. The lowest BCUT2D eigenvalue weighted by molar-refractivity contribution is 0.0518. The maximum atomic E-state index is 12.5. The van der Waals surface area contributed by atoms with E-state index < -0.39 is 5.97 Å². The Kier molecular flexibility index (Phi) is 4.25. The average Bonchev–Trinajstić information content (AvgIpc) is 3.12. The fourth-order valence-corrected chi connectivity index (χ4v) is 3.86. The minimum Gasteiger partial charge on any atom is -0.461 e. The normalized spacial score (nSPS) is 12.0. The van der Waals surface area contributed by atoms with Crippen molar-refractivity contribution in [3.05, 3.63) is 68.8 Å². The van der Waals surface area contributed by atoms with Crippen LogP contribution in [0.2, 0.25) is 10.0 Å². The van der Waals surface area contributed by atoms with Gasteiger partial charge in [0.05, 0.1) is 23.0 Å². The molecule has 0 spiro atoms. The van der Waals surface area contributed by atoms with Gasteiger partial charge in [0.1, 0.15) is 0 Å². The second-order valence-electron chi connectivity index (χ2n) is 6.24. The summed E-state index contributed by atoms with van der Waals surface area (Å²) in [7, 11) is 0. The van der Waals surface area contributed by atoms with Crippen LogP contribution in [0.4, 0.5) is 0 Å². The summed E-state index contributed by atoms with van der Waals surface area (Å²) >= 11 is 12.4. The molecule has 132 valence electrons. The molecule has 0 radical (unpaired) electrons. The maximum absolute atomic E-state index is 12.5. The number of ether oxygens (including phenoxy) is 1. The zero-order chi connectivity index (χ0) is 18.4. The van der Waals surface area contributed by atoms with Gasteiger partial charge in [0, 0.05) is 22.6 Å². The Hall–Kier alpha value is -2.30. The van der Waals surface area contributed by atoms with Crippen molar-refractivity contribution < 1.29 is 9.53 Å². The molecular formula is C20H16Cl2N2O2. The third kappa shape index (κ3) is 2.70. The molecule has 0 N–H and O–H groups in total. The van der Waals surface area contributed by atoms with Gasteiger partial charge in [-0.3, -0.25) is 0 Å². The Morgan fingerprint density at radius 3 is 2.77 bits per heavy atom. The SMILES string of the molecule is CCOC(=O)c1nn(-c2ccc(Cl)cc2Cl)c2c1Cc1cc(C)ccc1-2. The summed E-state index contributed by atoms with van der Waals surface area (Å²) in [4.78, 5) is 12.5. The van der Waals surface area contributed by atoms with Gasteiger partial charge in [0.15, 0.2) is 5.69 Å². The highest BCUT2D eigenvalue weighted by molar-refractivity contribution is 6.35. The van der Waals surface area contributed by atoms with E-state index in [1.807, 2.05) is 0 Å². The van der Waals surface area contributed by atoms with E-state index in [9.17, 15) is 4.79 Å². The third-order valence-corrected chi connectivity index (χ3v) is 5.01. The maximum Gasteiger partial charge on any atom is 0.359 e. The Bertz CT molecular complexity index is 1040. The highest BCUT2D eigenvalue weighted by atomic mass is 35.5. The molecule has 1 heterocycles. The molecule has 6 heteroatoms. The number of halogens is 2. The third-order valence-electron chi connectivity index (χ3n) is 4.47. The summed E-state index contributed by atoms with van der Waals surface area (Å²) in [6, 6.07) is 11.5. The zero-order valence-electron chi connectivity index (χ0n) is 14.3. The van der Waals surface area contributed by atoms with Gasteiger partial charge in [-0.1, -0.05) is 47.0 Å². The number of benzene rings is 2. The molecular weight excluding hydrogens is 371 g/mol. The summed E-state index contributed by atoms with van der Waals surface area (Å²) in [6.07, 6.45) is 0.645. The highest BCUT2D eigenvalue weighted by Gasteiger charge is 2.32. The first-order valence-corrected chi connectivity index (χ1v) is 9.09. The summed E-state index contributed by atoms with van der Waals surface area (Å²) in [5, 5.41) is 5.56. The van der Waals surface area contributed by atoms with Crippen molar-refractivity contribution in [2.75, 3.05) is 6.61 Å². The predicted molar refractivity (Wildman–Crippen MR) is 103 cm³/mol. The van der Waals surface area contributed by atoms with Gasteiger partial charge < -0.3 is 4.74 Å². The number of fused-ring (bicyclic) bond motifs is 3. The van der Waals surface area contributed by atoms with Crippen molar-refractivity contribution >= 4 is 29.2 Å². The summed E-state index contributed by atoms with van der Waals surface area (Å²) in [5.41, 5.74) is 6.16. The number of esters is 1. The van der Waals surface area contributed by atoms with E-state index in [1.165, 1.54) is 11.1 Å². The van der Waals surface area contributed by atoms with Crippen LogP contribution in [-0.4, -0.2) is 22.4 Å². The highest BCUT2D eigenvalue weighted by Crippen LogP contribution is 2.41. The number of rotatable bonds is 3. The molecule has 1 aliphatic rings. The van der Waals surface area contributed by atoms with Crippen molar-refractivity contribution in [1.82, 2.24) is 9.78 Å². The van der Waals surface area contributed by atoms with E-state index in [0.29, 0.717) is 34.5 Å². The van der Waals surface area contributed by atoms with Crippen LogP contribution >= 0.6 is 23.2 Å². The average molecular weight is 387 g/mol. The zero-order valence-corrected chi connectivity index (χ0v) is 15.9. The van der Waals surface area contributed by atoms with Crippen molar-refractivity contribution in [3.63, 3.8) is 0 Å². The van der Waals surface area contributed by atoms with Gasteiger partial charge in [0.2, 0.25) is 0 Å². The lowest BCUT2D eigenvalue weighted by atomic mass is 10.1. The smallest absolute Gasteiger partial charge is 0.359 e. The molecule has 0 fully saturated rings. The van der Waals surface area contributed by atoms with Gasteiger partial charge in [-0.15, -0.1) is 0 Å². The molecule has 0 amide bonds. The van der Waals surface area contributed by atoms with Gasteiger partial charge in [-0.25, -0.2) is 9.48 Å². The number of hydrogen-bond acceptors (Lipinski definition) is 3. The summed E-state index contributed by atoms with van der Waals surface area (Å²) in [6.45, 7) is 4.13. The van der Waals surface area contributed by atoms with Crippen LogP contribution < -0.4 is 0 Å². The molecule has 2 aromatic carbocycles. The van der Waals surface area contributed by atoms with E-state index in [0.717, 1.165) is 16.8 Å². The lowest BCUT2D eigenvalue weighted by Crippen LogP contribution is -2.09. The molecule has 0 saturated heterocycles. The molecule has 0 bridgehead atoms. The molecule has 26 heavy (non-hydrogen) atoms. The van der Waals surface area contributed by atoms with E-state index in [1.54, 1.807) is 29.8 Å². The summed E-state index contributed by atoms with van der Waals surface area (Å²) < 4.78 is 6.93. The van der Waals surface area contributed by atoms with Crippen LogP contribution in [0.15, 0.2) is 36.4 Å². The topological polar surface area (TPSA) is 44.1 Å². The molecule has 0 unspecified atom stereocenters. The molecule has 3 aromatic rings. The van der Waals surface area contributed by atoms with Crippen molar-refractivity contribution in [2.24, 2.45) is 0 Å². The molecule has 1 aliphatic carbocycles. The second kappa shape index (κ2) is 6.45. The summed E-state index contributed by atoms with van der Waals surface area (Å²) in [5.74, 6) is -0.419. The first-order valence-electron chi connectivity index (χ1n) is 8.34. The minimum absolute atomic E-state index is 0.300. The largest absolute Gasteiger partial charge is 0.461 e. The standard InChI is InChI=1S/C20H16Cl2N2O2/c1-3-26-20(25)18-15-9-12-8-11(2)4-6-14(12)19(15)24(23-18)17-7-5-13(21)10-16(17)22/h4-8,10H,3,9H2,1-2H3. The number of carbonyl (C=O) groups excluding carboxylic acids is 1.